The van der Waals surface area contributed by atoms with Gasteiger partial charge in [0.1, 0.15) is 0 Å². The third kappa shape index (κ3) is 3.17. The van der Waals surface area contributed by atoms with Crippen molar-refractivity contribution in [1.29, 1.82) is 0 Å². The molecule has 0 amide bonds. The molecule has 0 heterocycles. The molecule has 1 aliphatic carbocycles. The molecule has 0 radical (unpaired) electrons. The molecular formula is C10H8NaO6P. The Morgan fingerprint density at radius 3 is 2.22 bits per heavy atom. The van der Waals surface area contributed by atoms with Gasteiger partial charge in [-0.3, -0.25) is 19.4 Å². The molecule has 6 nitrogen and oxygen atoms in total. The summed E-state index contributed by atoms with van der Waals surface area (Å²) in [6.45, 7) is 0. The third-order valence-corrected chi connectivity index (χ3v) is 2.57. The zero-order valence-electron chi connectivity index (χ0n) is 10.4. The second-order valence-corrected chi connectivity index (χ2v) is 4.49. The van der Waals surface area contributed by atoms with E-state index < -0.39 is 25.1 Å². The maximum atomic E-state index is 11.8. The minimum absolute atomic E-state index is 0. The molecule has 0 aromatic heterocycles. The van der Waals surface area contributed by atoms with E-state index in [1.807, 2.05) is 0 Å². The molecule has 1 aromatic rings. The second kappa shape index (κ2) is 5.48. The number of benzene rings is 1. The van der Waals surface area contributed by atoms with Crippen molar-refractivity contribution in [2.45, 2.75) is 0 Å². The van der Waals surface area contributed by atoms with Crippen LogP contribution >= 0.6 is 7.82 Å². The zero-order chi connectivity index (χ0) is 12.6. The van der Waals surface area contributed by atoms with Crippen molar-refractivity contribution in [1.82, 2.24) is 0 Å². The van der Waals surface area contributed by atoms with Gasteiger partial charge in [-0.1, -0.05) is 24.3 Å². The molecule has 2 rings (SSSR count). The Morgan fingerprint density at radius 1 is 1.11 bits per heavy atom. The molecule has 0 unspecified atom stereocenters. The van der Waals surface area contributed by atoms with Crippen LogP contribution in [0.4, 0.5) is 0 Å². The number of carbonyl (C=O) groups is 2. The first-order chi connectivity index (χ1) is 7.88. The third-order valence-electron chi connectivity index (χ3n) is 2.14. The van der Waals surface area contributed by atoms with Gasteiger partial charge in [-0.05, 0) is 0 Å². The van der Waals surface area contributed by atoms with Crippen molar-refractivity contribution in [3.8, 4) is 0 Å². The molecule has 0 aliphatic heterocycles. The second-order valence-electron chi connectivity index (χ2n) is 3.33. The summed E-state index contributed by atoms with van der Waals surface area (Å²) in [6, 6.07) is 5.99. The average Bonchev–Trinajstić information content (AvgIpc) is 2.24. The van der Waals surface area contributed by atoms with Crippen LogP contribution in [0, 0.1) is 0 Å². The SMILES string of the molecule is O=C1C=C(OP(=O)(O)O)C(=O)c2ccccc21.[H-].[Na+]. The molecule has 8 heteroatoms. The van der Waals surface area contributed by atoms with E-state index in [0.29, 0.717) is 0 Å². The summed E-state index contributed by atoms with van der Waals surface area (Å²) in [5.74, 6) is -1.88. The predicted molar refractivity (Wildman–Crippen MR) is 57.4 cm³/mol. The van der Waals surface area contributed by atoms with Gasteiger partial charge in [-0.15, -0.1) is 0 Å². The number of phosphoric ester groups is 1. The van der Waals surface area contributed by atoms with Crippen LogP contribution in [0.5, 0.6) is 0 Å². The minimum Gasteiger partial charge on any atom is -1.00 e. The molecule has 1 aliphatic rings. The summed E-state index contributed by atoms with van der Waals surface area (Å²) in [6.07, 6.45) is 0.782. The number of carbonyl (C=O) groups excluding carboxylic acids is 2. The van der Waals surface area contributed by atoms with Crippen LogP contribution < -0.4 is 29.6 Å². The Balaban J connectivity index is 0.00000162. The van der Waals surface area contributed by atoms with E-state index in [9.17, 15) is 14.2 Å². The van der Waals surface area contributed by atoms with Crippen LogP contribution in [-0.4, -0.2) is 21.4 Å². The Bertz CT molecular complexity index is 593. The first kappa shape index (κ1) is 15.3. The summed E-state index contributed by atoms with van der Waals surface area (Å²) >= 11 is 0. The van der Waals surface area contributed by atoms with Gasteiger partial charge in [-0.25, -0.2) is 4.57 Å². The van der Waals surface area contributed by atoms with Crippen molar-refractivity contribution in [3.63, 3.8) is 0 Å². The summed E-state index contributed by atoms with van der Waals surface area (Å²) in [5.41, 5.74) is 0.263. The Labute approximate surface area is 126 Å². The number of hydrogen-bond donors (Lipinski definition) is 2. The molecule has 0 saturated heterocycles. The van der Waals surface area contributed by atoms with Gasteiger partial charge in [0.25, 0.3) is 0 Å². The quantitative estimate of drug-likeness (QED) is 0.488. The van der Waals surface area contributed by atoms with Gasteiger partial charge in [0, 0.05) is 17.2 Å². The molecule has 1 aromatic carbocycles. The van der Waals surface area contributed by atoms with Gasteiger partial charge in [0.2, 0.25) is 5.78 Å². The first-order valence-corrected chi connectivity index (χ1v) is 6.06. The van der Waals surface area contributed by atoms with Crippen LogP contribution in [0.2, 0.25) is 0 Å². The maximum Gasteiger partial charge on any atom is 1.00 e. The first-order valence-electron chi connectivity index (χ1n) is 4.53. The van der Waals surface area contributed by atoms with Crippen LogP contribution in [0.3, 0.4) is 0 Å². The van der Waals surface area contributed by atoms with E-state index in [1.54, 1.807) is 12.1 Å². The molecule has 18 heavy (non-hydrogen) atoms. The summed E-state index contributed by atoms with van der Waals surface area (Å²) in [5, 5.41) is 0. The standard InChI is InChI=1S/C10H7O6P.Na.H/c11-8-5-9(16-17(13,14)15)10(12)7-4-2-1-3-6(7)8;;/h1-5H,(H2,13,14,15);;/q;+1;-1. The van der Waals surface area contributed by atoms with Crippen molar-refractivity contribution >= 4 is 19.4 Å². The number of allylic oxidation sites excluding steroid dienone is 2. The van der Waals surface area contributed by atoms with E-state index in [2.05, 4.69) is 4.52 Å². The van der Waals surface area contributed by atoms with Gasteiger partial charge in [0.05, 0.1) is 0 Å². The monoisotopic (exact) mass is 278 g/mol. The number of rotatable bonds is 2. The van der Waals surface area contributed by atoms with E-state index in [0.717, 1.165) is 6.08 Å². The summed E-state index contributed by atoms with van der Waals surface area (Å²) < 4.78 is 14.8. The van der Waals surface area contributed by atoms with Gasteiger partial charge < -0.3 is 5.95 Å². The van der Waals surface area contributed by atoms with Gasteiger partial charge in [-0.2, -0.15) is 0 Å². The maximum absolute atomic E-state index is 11.8. The van der Waals surface area contributed by atoms with E-state index in [-0.39, 0.29) is 42.1 Å². The summed E-state index contributed by atoms with van der Waals surface area (Å²) in [4.78, 5) is 40.5. The van der Waals surface area contributed by atoms with Crippen LogP contribution in [0.1, 0.15) is 22.1 Å². The molecule has 0 saturated carbocycles. The summed E-state index contributed by atoms with van der Waals surface area (Å²) in [7, 11) is -4.85. The fourth-order valence-corrected chi connectivity index (χ4v) is 1.88. The normalized spacial score (nSPS) is 14.4. The molecule has 0 fully saturated rings. The molecule has 0 atom stereocenters. The number of Topliss-reactive ketones (excluding diaryl/α,β-unsaturated/α-hetero) is 1. The largest absolute Gasteiger partial charge is 1.00 e. The fourth-order valence-electron chi connectivity index (χ4n) is 1.49. The van der Waals surface area contributed by atoms with Crippen LogP contribution in [-0.2, 0) is 9.09 Å². The average molecular weight is 278 g/mol. The van der Waals surface area contributed by atoms with Gasteiger partial charge in [0.15, 0.2) is 11.5 Å². The molecular weight excluding hydrogens is 270 g/mol. The molecule has 2 N–H and O–H groups in total. The number of phosphoric acid groups is 1. The van der Waals surface area contributed by atoms with Crippen molar-refractivity contribution in [2.75, 3.05) is 0 Å². The van der Waals surface area contributed by atoms with Crippen LogP contribution in [0.25, 0.3) is 0 Å². The number of hydrogen-bond acceptors (Lipinski definition) is 4. The minimum atomic E-state index is -4.85. The Morgan fingerprint density at radius 2 is 1.67 bits per heavy atom. The fraction of sp³-hybridized carbons (Fsp3) is 0. The van der Waals surface area contributed by atoms with E-state index >= 15 is 0 Å². The van der Waals surface area contributed by atoms with Gasteiger partial charge >= 0.3 is 37.4 Å². The van der Waals surface area contributed by atoms with Crippen molar-refractivity contribution < 1.29 is 59.4 Å². The topological polar surface area (TPSA) is 101 Å². The number of ketones is 2. The van der Waals surface area contributed by atoms with E-state index in [1.165, 1.54) is 12.1 Å². The Kier molecular flexibility index (Phi) is 4.66. The Hall–Kier alpha value is -0.750. The molecule has 90 valence electrons. The smallest absolute Gasteiger partial charge is 1.00 e. The van der Waals surface area contributed by atoms with E-state index in [4.69, 9.17) is 9.79 Å². The molecule has 0 spiro atoms. The van der Waals surface area contributed by atoms with Crippen molar-refractivity contribution in [3.05, 3.63) is 47.2 Å². The number of fused-ring (bicyclic) bond motifs is 1. The van der Waals surface area contributed by atoms with Crippen LogP contribution in [0.15, 0.2) is 36.1 Å². The predicted octanol–water partition coefficient (Wildman–Crippen LogP) is -1.82. The molecule has 0 bridgehead atoms. The zero-order valence-corrected chi connectivity index (χ0v) is 12.3. The van der Waals surface area contributed by atoms with Crippen molar-refractivity contribution in [2.24, 2.45) is 0 Å².